The van der Waals surface area contributed by atoms with Crippen LogP contribution in [0.4, 0.5) is 5.69 Å². The zero-order chi connectivity index (χ0) is 15.5. The van der Waals surface area contributed by atoms with Gasteiger partial charge in [-0.15, -0.1) is 0 Å². The van der Waals surface area contributed by atoms with E-state index >= 15 is 0 Å². The summed E-state index contributed by atoms with van der Waals surface area (Å²) in [5.74, 6) is 0.538. The first kappa shape index (κ1) is 15.1. The average molecular weight is 364 g/mol. The predicted molar refractivity (Wildman–Crippen MR) is 88.3 cm³/mol. The summed E-state index contributed by atoms with van der Waals surface area (Å²) in [5.41, 5.74) is 1.87. The molecule has 6 heteroatoms. The fourth-order valence-electron chi connectivity index (χ4n) is 2.60. The van der Waals surface area contributed by atoms with Gasteiger partial charge in [-0.3, -0.25) is 9.89 Å². The van der Waals surface area contributed by atoms with Crippen molar-refractivity contribution in [3.05, 3.63) is 40.1 Å². The second-order valence-corrected chi connectivity index (χ2v) is 6.31. The van der Waals surface area contributed by atoms with Gasteiger partial charge in [-0.2, -0.15) is 5.10 Å². The highest BCUT2D eigenvalue weighted by atomic mass is 79.9. The molecule has 1 amide bonds. The lowest BCUT2D eigenvalue weighted by Crippen LogP contribution is -2.14. The van der Waals surface area contributed by atoms with Gasteiger partial charge in [-0.05, 0) is 60.7 Å². The topological polar surface area (TPSA) is 67.0 Å². The number of hydrogen-bond acceptors (Lipinski definition) is 3. The molecule has 116 valence electrons. The van der Waals surface area contributed by atoms with Gasteiger partial charge in [0.25, 0.3) is 5.91 Å². The minimum absolute atomic E-state index is 0.255. The van der Waals surface area contributed by atoms with Crippen molar-refractivity contribution in [2.75, 3.05) is 5.32 Å². The number of halogens is 1. The molecule has 22 heavy (non-hydrogen) atoms. The first-order valence-corrected chi connectivity index (χ1v) is 8.21. The summed E-state index contributed by atoms with van der Waals surface area (Å²) in [5, 5.41) is 9.63. The number of carbonyl (C=O) groups is 1. The van der Waals surface area contributed by atoms with Gasteiger partial charge in [0.05, 0.1) is 10.6 Å². The van der Waals surface area contributed by atoms with E-state index in [1.165, 1.54) is 12.8 Å². The van der Waals surface area contributed by atoms with Gasteiger partial charge in [0.1, 0.15) is 5.75 Å². The molecule has 2 N–H and O–H groups in total. The summed E-state index contributed by atoms with van der Waals surface area (Å²) in [6.45, 7) is 1.85. The molecule has 2 aromatic rings. The molecular formula is C16H18BrN3O2. The highest BCUT2D eigenvalue weighted by molar-refractivity contribution is 9.10. The summed E-state index contributed by atoms with van der Waals surface area (Å²) >= 11 is 3.36. The number of hydrogen-bond donors (Lipinski definition) is 2. The summed E-state index contributed by atoms with van der Waals surface area (Å²) in [6.07, 6.45) is 4.97. The van der Waals surface area contributed by atoms with Gasteiger partial charge in [0.2, 0.25) is 0 Å². The maximum Gasteiger partial charge on any atom is 0.277 e. The van der Waals surface area contributed by atoms with Crippen LogP contribution in [0.15, 0.2) is 28.7 Å². The minimum atomic E-state index is -0.255. The number of amides is 1. The fraction of sp³-hybridized carbons (Fsp3) is 0.375. The molecule has 1 aromatic heterocycles. The van der Waals surface area contributed by atoms with E-state index < -0.39 is 0 Å². The summed E-state index contributed by atoms with van der Waals surface area (Å²) in [7, 11) is 0. The Hall–Kier alpha value is -1.82. The number of carbonyl (C=O) groups excluding carboxylic acids is 1. The van der Waals surface area contributed by atoms with E-state index in [2.05, 4.69) is 31.4 Å². The molecule has 1 aliphatic rings. The lowest BCUT2D eigenvalue weighted by molar-refractivity contribution is 0.102. The maximum absolute atomic E-state index is 12.2. The molecule has 1 aliphatic carbocycles. The van der Waals surface area contributed by atoms with Crippen molar-refractivity contribution in [1.29, 1.82) is 0 Å². The van der Waals surface area contributed by atoms with Gasteiger partial charge in [-0.1, -0.05) is 6.07 Å². The van der Waals surface area contributed by atoms with Crippen molar-refractivity contribution < 1.29 is 9.53 Å². The number of anilines is 1. The van der Waals surface area contributed by atoms with Gasteiger partial charge in [0.15, 0.2) is 5.69 Å². The molecule has 5 nitrogen and oxygen atoms in total. The van der Waals surface area contributed by atoms with Crippen LogP contribution >= 0.6 is 15.9 Å². The summed E-state index contributed by atoms with van der Waals surface area (Å²) < 4.78 is 6.63. The number of nitrogens with one attached hydrogen (secondary N) is 2. The van der Waals surface area contributed by atoms with Crippen LogP contribution in [0.25, 0.3) is 0 Å². The Labute approximate surface area is 137 Å². The first-order valence-electron chi connectivity index (χ1n) is 7.42. The van der Waals surface area contributed by atoms with Gasteiger partial charge in [-0.25, -0.2) is 0 Å². The molecule has 1 aromatic carbocycles. The number of aromatic amines is 1. The largest absolute Gasteiger partial charge is 0.490 e. The van der Waals surface area contributed by atoms with Crippen molar-refractivity contribution in [2.24, 2.45) is 0 Å². The van der Waals surface area contributed by atoms with Crippen LogP contribution in [-0.4, -0.2) is 22.2 Å². The Morgan fingerprint density at radius 2 is 2.18 bits per heavy atom. The van der Waals surface area contributed by atoms with Crippen LogP contribution in [0.5, 0.6) is 5.75 Å². The lowest BCUT2D eigenvalue weighted by atomic mass is 10.2. The molecule has 0 aliphatic heterocycles. The predicted octanol–water partition coefficient (Wildman–Crippen LogP) is 4.05. The van der Waals surface area contributed by atoms with E-state index in [-0.39, 0.29) is 5.91 Å². The highest BCUT2D eigenvalue weighted by Gasteiger charge is 2.18. The number of rotatable bonds is 4. The number of benzene rings is 1. The van der Waals surface area contributed by atoms with Gasteiger partial charge < -0.3 is 10.1 Å². The van der Waals surface area contributed by atoms with Crippen LogP contribution in [0, 0.1) is 6.92 Å². The Bertz CT molecular complexity index is 678. The highest BCUT2D eigenvalue weighted by Crippen LogP contribution is 2.26. The van der Waals surface area contributed by atoms with Crippen LogP contribution in [0.3, 0.4) is 0 Å². The molecule has 1 fully saturated rings. The van der Waals surface area contributed by atoms with E-state index in [9.17, 15) is 4.79 Å². The number of ether oxygens (including phenoxy) is 1. The first-order chi connectivity index (χ1) is 10.6. The molecule has 0 atom stereocenters. The summed E-state index contributed by atoms with van der Waals surface area (Å²) in [6, 6.07) is 7.49. The summed E-state index contributed by atoms with van der Waals surface area (Å²) in [4.78, 5) is 12.2. The molecule has 0 radical (unpaired) electrons. The van der Waals surface area contributed by atoms with E-state index in [1.54, 1.807) is 0 Å². The van der Waals surface area contributed by atoms with Crippen LogP contribution in [0.1, 0.15) is 41.9 Å². The second-order valence-electron chi connectivity index (χ2n) is 5.52. The molecule has 0 unspecified atom stereocenters. The smallest absolute Gasteiger partial charge is 0.277 e. The monoisotopic (exact) mass is 363 g/mol. The lowest BCUT2D eigenvalue weighted by Gasteiger charge is -2.14. The zero-order valence-corrected chi connectivity index (χ0v) is 13.9. The van der Waals surface area contributed by atoms with Crippen molar-refractivity contribution in [3.63, 3.8) is 0 Å². The van der Waals surface area contributed by atoms with Gasteiger partial charge in [0, 0.05) is 17.4 Å². The molecule has 1 heterocycles. The fourth-order valence-corrected chi connectivity index (χ4v) is 2.96. The third-order valence-electron chi connectivity index (χ3n) is 3.78. The third-order valence-corrected chi connectivity index (χ3v) is 4.75. The number of H-pyrrole nitrogens is 1. The standard InChI is InChI=1S/C16H18BrN3O2/c1-10-14(17)15(20-19-10)16(21)18-11-5-4-8-13(9-11)22-12-6-2-3-7-12/h4-5,8-9,12H,2-3,6-7H2,1H3,(H,18,21)(H,19,20). The molecule has 0 spiro atoms. The Morgan fingerprint density at radius 3 is 2.86 bits per heavy atom. The van der Waals surface area contributed by atoms with Crippen molar-refractivity contribution >= 4 is 27.5 Å². The molecule has 3 rings (SSSR count). The molecule has 0 bridgehead atoms. The van der Waals surface area contributed by atoms with Gasteiger partial charge >= 0.3 is 0 Å². The Kier molecular flexibility index (Phi) is 4.47. The third kappa shape index (κ3) is 3.32. The van der Waals surface area contributed by atoms with E-state index in [4.69, 9.17) is 4.74 Å². The number of nitrogens with zero attached hydrogens (tertiary/aromatic N) is 1. The van der Waals surface area contributed by atoms with Crippen molar-refractivity contribution in [2.45, 2.75) is 38.7 Å². The second kappa shape index (κ2) is 6.52. The average Bonchev–Trinajstić information content (AvgIpc) is 3.11. The van der Waals surface area contributed by atoms with Crippen LogP contribution in [0.2, 0.25) is 0 Å². The number of aromatic nitrogens is 2. The van der Waals surface area contributed by atoms with E-state index in [1.807, 2.05) is 31.2 Å². The van der Waals surface area contributed by atoms with Crippen molar-refractivity contribution in [1.82, 2.24) is 10.2 Å². The SMILES string of the molecule is Cc1[nH]nc(C(=O)Nc2cccc(OC3CCCC3)c2)c1Br. The molecular weight excluding hydrogens is 346 g/mol. The van der Waals surface area contributed by atoms with E-state index in [0.29, 0.717) is 22.0 Å². The van der Waals surface area contributed by atoms with Crippen LogP contribution < -0.4 is 10.1 Å². The van der Waals surface area contributed by atoms with Crippen molar-refractivity contribution in [3.8, 4) is 5.75 Å². The molecule has 1 saturated carbocycles. The number of aryl methyl sites for hydroxylation is 1. The normalized spacial score (nSPS) is 15.0. The van der Waals surface area contributed by atoms with E-state index in [0.717, 1.165) is 24.3 Å². The maximum atomic E-state index is 12.2. The van der Waals surface area contributed by atoms with Crippen LogP contribution in [-0.2, 0) is 0 Å². The Morgan fingerprint density at radius 1 is 1.41 bits per heavy atom. The minimum Gasteiger partial charge on any atom is -0.490 e. The molecule has 0 saturated heterocycles. The Balaban J connectivity index is 1.69. The zero-order valence-electron chi connectivity index (χ0n) is 12.4. The quantitative estimate of drug-likeness (QED) is 0.860.